The lowest BCUT2D eigenvalue weighted by Crippen LogP contribution is -2.47. The van der Waals surface area contributed by atoms with Gasteiger partial charge in [-0.25, -0.2) is 0 Å². The average Bonchev–Trinajstić information content (AvgIpc) is 2.66. The van der Waals surface area contributed by atoms with E-state index in [1.807, 2.05) is 53.4 Å². The number of benzene rings is 2. The Morgan fingerprint density at radius 3 is 2.52 bits per heavy atom. The first-order chi connectivity index (χ1) is 12.2. The smallest absolute Gasteiger partial charge is 0.258 e. The Morgan fingerprint density at radius 2 is 1.84 bits per heavy atom. The summed E-state index contributed by atoms with van der Waals surface area (Å²) >= 11 is 0. The van der Waals surface area contributed by atoms with Gasteiger partial charge in [0.15, 0.2) is 0 Å². The lowest BCUT2D eigenvalue weighted by molar-refractivity contribution is 0.0593. The van der Waals surface area contributed by atoms with Crippen LogP contribution < -0.4 is 10.1 Å². The second kappa shape index (κ2) is 7.60. The van der Waals surface area contributed by atoms with Gasteiger partial charge in [0.2, 0.25) is 0 Å². The van der Waals surface area contributed by atoms with Gasteiger partial charge >= 0.3 is 0 Å². The van der Waals surface area contributed by atoms with Gasteiger partial charge in [-0.2, -0.15) is 0 Å². The van der Waals surface area contributed by atoms with Gasteiger partial charge in [0.1, 0.15) is 11.9 Å². The molecule has 0 aliphatic carbocycles. The Bertz CT molecular complexity index is 727. The highest BCUT2D eigenvalue weighted by Gasteiger charge is 2.35. The van der Waals surface area contributed by atoms with Crippen molar-refractivity contribution in [1.29, 1.82) is 0 Å². The maximum Gasteiger partial charge on any atom is 0.258 e. The molecule has 0 radical (unpaired) electrons. The van der Waals surface area contributed by atoms with Crippen molar-refractivity contribution < 1.29 is 9.53 Å². The van der Waals surface area contributed by atoms with E-state index in [1.54, 1.807) is 0 Å². The molecule has 0 spiro atoms. The first kappa shape index (κ1) is 17.3. The molecule has 25 heavy (non-hydrogen) atoms. The highest BCUT2D eigenvalue weighted by molar-refractivity contribution is 6.01. The van der Waals surface area contributed by atoms with Crippen LogP contribution in [0.15, 0.2) is 48.5 Å². The van der Waals surface area contributed by atoms with Gasteiger partial charge in [-0.3, -0.25) is 4.79 Å². The maximum atomic E-state index is 13.1. The van der Waals surface area contributed by atoms with E-state index in [-0.39, 0.29) is 18.1 Å². The molecule has 0 saturated heterocycles. The van der Waals surface area contributed by atoms with E-state index >= 15 is 0 Å². The zero-order valence-corrected chi connectivity index (χ0v) is 15.2. The minimum absolute atomic E-state index is 0.0833. The summed E-state index contributed by atoms with van der Waals surface area (Å²) in [6.45, 7) is 7.01. The molecule has 1 heterocycles. The molecule has 2 aromatic rings. The van der Waals surface area contributed by atoms with Crippen LogP contribution in [0.2, 0.25) is 0 Å². The first-order valence-electron chi connectivity index (χ1n) is 9.06. The molecule has 1 aliphatic rings. The highest BCUT2D eigenvalue weighted by Crippen LogP contribution is 2.35. The lowest BCUT2D eigenvalue weighted by atomic mass is 10.0. The monoisotopic (exact) mass is 338 g/mol. The molecule has 1 amide bonds. The van der Waals surface area contributed by atoms with Crippen molar-refractivity contribution in [3.8, 4) is 5.75 Å². The number of fused-ring (bicyclic) bond motifs is 1. The number of hydrogen-bond donors (Lipinski definition) is 1. The quantitative estimate of drug-likeness (QED) is 0.819. The minimum Gasteiger partial charge on any atom is -0.494 e. The minimum atomic E-state index is -0.169. The number of nitrogens with zero attached hydrogens (tertiary/aromatic N) is 1. The van der Waals surface area contributed by atoms with Gasteiger partial charge < -0.3 is 15.0 Å². The Morgan fingerprint density at radius 1 is 1.12 bits per heavy atom. The van der Waals surface area contributed by atoms with Crippen LogP contribution in [0.5, 0.6) is 5.75 Å². The zero-order valence-electron chi connectivity index (χ0n) is 15.2. The van der Waals surface area contributed by atoms with Crippen molar-refractivity contribution in [3.63, 3.8) is 0 Å². The van der Waals surface area contributed by atoms with Crippen LogP contribution in [0.1, 0.15) is 55.7 Å². The Kier molecular flexibility index (Phi) is 5.27. The van der Waals surface area contributed by atoms with Crippen molar-refractivity contribution in [2.24, 2.45) is 0 Å². The number of para-hydroxylation sites is 1. The van der Waals surface area contributed by atoms with E-state index in [9.17, 15) is 4.79 Å². The molecule has 132 valence electrons. The molecule has 1 N–H and O–H groups in total. The molecule has 0 aromatic heterocycles. The second-order valence-electron chi connectivity index (χ2n) is 6.48. The van der Waals surface area contributed by atoms with Crippen LogP contribution in [0.25, 0.3) is 0 Å². The average molecular weight is 338 g/mol. The van der Waals surface area contributed by atoms with Crippen LogP contribution in [-0.4, -0.2) is 23.5 Å². The molecule has 1 aliphatic heterocycles. The molecule has 4 nitrogen and oxygen atoms in total. The third kappa shape index (κ3) is 3.48. The molecular formula is C21H26N2O2. The third-order valence-electron chi connectivity index (χ3n) is 4.70. The Labute approximate surface area is 149 Å². The van der Waals surface area contributed by atoms with Gasteiger partial charge in [0.05, 0.1) is 12.2 Å². The summed E-state index contributed by atoms with van der Waals surface area (Å²) in [6.07, 6.45) is 1.72. The van der Waals surface area contributed by atoms with Crippen LogP contribution >= 0.6 is 0 Å². The van der Waals surface area contributed by atoms with E-state index in [1.165, 1.54) is 0 Å². The number of nitrogens with one attached hydrogen (secondary N) is 1. The second-order valence-corrected chi connectivity index (χ2v) is 6.48. The van der Waals surface area contributed by atoms with Gasteiger partial charge in [-0.1, -0.05) is 38.1 Å². The van der Waals surface area contributed by atoms with Crippen LogP contribution in [0.3, 0.4) is 0 Å². The third-order valence-corrected chi connectivity index (χ3v) is 4.70. The lowest BCUT2D eigenvalue weighted by Gasteiger charge is -2.41. The molecule has 2 aromatic carbocycles. The molecule has 0 saturated carbocycles. The van der Waals surface area contributed by atoms with E-state index in [0.717, 1.165) is 35.4 Å². The zero-order chi connectivity index (χ0) is 17.8. The number of ether oxygens (including phenoxy) is 1. The molecular weight excluding hydrogens is 312 g/mol. The summed E-state index contributed by atoms with van der Waals surface area (Å²) in [7, 11) is 0. The van der Waals surface area contributed by atoms with Crippen molar-refractivity contribution in [3.05, 3.63) is 59.7 Å². The van der Waals surface area contributed by atoms with Gasteiger partial charge in [0.25, 0.3) is 5.91 Å². The molecule has 0 fully saturated rings. The number of carbonyl (C=O) groups is 1. The Balaban J connectivity index is 1.93. The van der Waals surface area contributed by atoms with Gasteiger partial charge in [-0.15, -0.1) is 0 Å². The van der Waals surface area contributed by atoms with Crippen LogP contribution in [-0.2, 0) is 0 Å². The van der Waals surface area contributed by atoms with Crippen LogP contribution in [0, 0.1) is 0 Å². The summed E-state index contributed by atoms with van der Waals surface area (Å²) in [6, 6.07) is 15.9. The summed E-state index contributed by atoms with van der Waals surface area (Å²) in [5.41, 5.74) is 2.69. The van der Waals surface area contributed by atoms with E-state index in [0.29, 0.717) is 6.61 Å². The topological polar surface area (TPSA) is 41.6 Å². The molecule has 0 bridgehead atoms. The fraction of sp³-hybridized carbons (Fsp3) is 0.381. The van der Waals surface area contributed by atoms with Crippen LogP contribution in [0.4, 0.5) is 5.69 Å². The normalized spacial score (nSPS) is 17.6. The largest absolute Gasteiger partial charge is 0.494 e. The molecule has 2 atom stereocenters. The predicted molar refractivity (Wildman–Crippen MR) is 101 cm³/mol. The van der Waals surface area contributed by atoms with Crippen molar-refractivity contribution in [2.75, 3.05) is 11.9 Å². The number of carbonyl (C=O) groups excluding carboxylic acids is 1. The molecule has 3 rings (SSSR count). The van der Waals surface area contributed by atoms with Gasteiger partial charge in [0, 0.05) is 11.7 Å². The van der Waals surface area contributed by atoms with E-state index in [4.69, 9.17) is 4.74 Å². The summed E-state index contributed by atoms with van der Waals surface area (Å²) in [5, 5.41) is 3.54. The predicted octanol–water partition coefficient (Wildman–Crippen LogP) is 4.84. The molecule has 4 heteroatoms. The van der Waals surface area contributed by atoms with Crippen molar-refractivity contribution >= 4 is 11.6 Å². The maximum absolute atomic E-state index is 13.1. The SMILES string of the molecule is CCCOc1ccc(C2Nc3ccccc3C(=O)N2C(C)CC)cc1. The summed E-state index contributed by atoms with van der Waals surface area (Å²) < 4.78 is 5.67. The fourth-order valence-corrected chi connectivity index (χ4v) is 3.13. The summed E-state index contributed by atoms with van der Waals surface area (Å²) in [5.74, 6) is 0.947. The number of rotatable bonds is 6. The highest BCUT2D eigenvalue weighted by atomic mass is 16.5. The van der Waals surface area contributed by atoms with Gasteiger partial charge in [-0.05, 0) is 49.6 Å². The first-order valence-corrected chi connectivity index (χ1v) is 9.06. The van der Waals surface area contributed by atoms with E-state index < -0.39 is 0 Å². The Hall–Kier alpha value is -2.49. The van der Waals surface area contributed by atoms with Crippen molar-refractivity contribution in [1.82, 2.24) is 4.90 Å². The number of hydrogen-bond acceptors (Lipinski definition) is 3. The summed E-state index contributed by atoms with van der Waals surface area (Å²) in [4.78, 5) is 15.0. The number of amides is 1. The van der Waals surface area contributed by atoms with E-state index in [2.05, 4.69) is 26.1 Å². The van der Waals surface area contributed by atoms with Crippen molar-refractivity contribution in [2.45, 2.75) is 45.8 Å². The molecule has 2 unspecified atom stereocenters. The number of anilines is 1. The standard InChI is InChI=1S/C21H26N2O2/c1-4-14-25-17-12-10-16(11-13-17)20-22-19-9-7-6-8-18(19)21(24)23(20)15(3)5-2/h6-13,15,20,22H,4-5,14H2,1-3H3. The fourth-order valence-electron chi connectivity index (χ4n) is 3.13.